The summed E-state index contributed by atoms with van der Waals surface area (Å²) in [5, 5.41) is 8.85. The van der Waals surface area contributed by atoms with Crippen LogP contribution in [0.3, 0.4) is 0 Å². The normalized spacial score (nSPS) is 10.3. The third kappa shape index (κ3) is 2.91. The highest BCUT2D eigenvalue weighted by molar-refractivity contribution is 5.85. The first-order chi connectivity index (χ1) is 8.69. The molecular formula is C14H14N2O2. The highest BCUT2D eigenvalue weighted by Gasteiger charge is 2.06. The van der Waals surface area contributed by atoms with Crippen molar-refractivity contribution in [3.05, 3.63) is 59.2 Å². The van der Waals surface area contributed by atoms with E-state index in [4.69, 9.17) is 5.11 Å². The second kappa shape index (κ2) is 5.40. The smallest absolute Gasteiger partial charge is 0.354 e. The van der Waals surface area contributed by atoms with E-state index in [1.54, 1.807) is 0 Å². The number of benzene rings is 1. The summed E-state index contributed by atoms with van der Waals surface area (Å²) in [5.41, 5.74) is 2.39. The second-order valence-corrected chi connectivity index (χ2v) is 4.01. The molecule has 4 nitrogen and oxygen atoms in total. The number of carboxylic acids is 1. The fourth-order valence-electron chi connectivity index (χ4n) is 1.68. The van der Waals surface area contributed by atoms with Gasteiger partial charge in [-0.05, 0) is 23.6 Å². The molecule has 1 N–H and O–H groups in total. The van der Waals surface area contributed by atoms with Gasteiger partial charge < -0.3 is 5.11 Å². The van der Waals surface area contributed by atoms with E-state index in [-0.39, 0.29) is 5.69 Å². The Hall–Kier alpha value is -2.23. The lowest BCUT2D eigenvalue weighted by Crippen LogP contribution is -2.05. The van der Waals surface area contributed by atoms with Crippen LogP contribution in [0.2, 0.25) is 0 Å². The molecule has 92 valence electrons. The number of aryl methyl sites for hydroxylation is 1. The molecule has 0 unspecified atom stereocenters. The third-order valence-corrected chi connectivity index (χ3v) is 2.72. The first kappa shape index (κ1) is 12.2. The predicted molar refractivity (Wildman–Crippen MR) is 67.6 cm³/mol. The molecule has 0 fully saturated rings. The van der Waals surface area contributed by atoms with E-state index in [0.29, 0.717) is 12.2 Å². The first-order valence-corrected chi connectivity index (χ1v) is 5.82. The fourth-order valence-corrected chi connectivity index (χ4v) is 1.68. The van der Waals surface area contributed by atoms with Gasteiger partial charge in [-0.3, -0.25) is 0 Å². The summed E-state index contributed by atoms with van der Waals surface area (Å²) >= 11 is 0. The van der Waals surface area contributed by atoms with Crippen LogP contribution in [0.15, 0.2) is 36.5 Å². The molecule has 1 aromatic heterocycles. The lowest BCUT2D eigenvalue weighted by molar-refractivity contribution is 0.0690. The summed E-state index contributed by atoms with van der Waals surface area (Å²) in [6, 6.07) is 9.57. The Labute approximate surface area is 105 Å². The molecule has 1 aromatic carbocycles. The molecule has 18 heavy (non-hydrogen) atoms. The van der Waals surface area contributed by atoms with Crippen LogP contribution in [-0.2, 0) is 12.8 Å². The van der Waals surface area contributed by atoms with Crippen LogP contribution >= 0.6 is 0 Å². The second-order valence-electron chi connectivity index (χ2n) is 4.01. The number of hydrogen-bond donors (Lipinski definition) is 1. The van der Waals surface area contributed by atoms with E-state index >= 15 is 0 Å². The zero-order valence-electron chi connectivity index (χ0n) is 10.1. The Balaban J connectivity index is 2.17. The van der Waals surface area contributed by atoms with Crippen LogP contribution < -0.4 is 0 Å². The van der Waals surface area contributed by atoms with Gasteiger partial charge in [0.25, 0.3) is 0 Å². The Kier molecular flexibility index (Phi) is 3.67. The molecule has 0 bridgehead atoms. The summed E-state index contributed by atoms with van der Waals surface area (Å²) in [6.45, 7) is 2.11. The predicted octanol–water partition coefficient (Wildman–Crippen LogP) is 2.33. The Morgan fingerprint density at radius 1 is 1.17 bits per heavy atom. The molecule has 4 heteroatoms. The van der Waals surface area contributed by atoms with E-state index in [1.165, 1.54) is 17.8 Å². The molecule has 0 amide bonds. The zero-order valence-corrected chi connectivity index (χ0v) is 10.1. The molecular weight excluding hydrogens is 228 g/mol. The van der Waals surface area contributed by atoms with Gasteiger partial charge in [-0.15, -0.1) is 0 Å². The van der Waals surface area contributed by atoms with Gasteiger partial charge in [-0.25, -0.2) is 14.8 Å². The van der Waals surface area contributed by atoms with Crippen molar-refractivity contribution in [2.24, 2.45) is 0 Å². The summed E-state index contributed by atoms with van der Waals surface area (Å²) < 4.78 is 0. The van der Waals surface area contributed by atoms with Gasteiger partial charge in [0.05, 0.1) is 0 Å². The van der Waals surface area contributed by atoms with Crippen molar-refractivity contribution in [3.8, 4) is 0 Å². The van der Waals surface area contributed by atoms with Crippen molar-refractivity contribution in [1.82, 2.24) is 9.97 Å². The van der Waals surface area contributed by atoms with Crippen LogP contribution in [0.4, 0.5) is 0 Å². The maximum Gasteiger partial charge on any atom is 0.354 e. The molecule has 0 saturated carbocycles. The minimum atomic E-state index is -1.03. The number of hydrogen-bond acceptors (Lipinski definition) is 3. The third-order valence-electron chi connectivity index (χ3n) is 2.72. The number of aromatic nitrogens is 2. The lowest BCUT2D eigenvalue weighted by atomic mass is 10.1. The van der Waals surface area contributed by atoms with Crippen molar-refractivity contribution >= 4 is 5.97 Å². The minimum absolute atomic E-state index is 0.0326. The van der Waals surface area contributed by atoms with E-state index in [0.717, 1.165) is 12.0 Å². The van der Waals surface area contributed by atoms with E-state index in [1.807, 2.05) is 12.1 Å². The topological polar surface area (TPSA) is 63.1 Å². The monoisotopic (exact) mass is 242 g/mol. The number of carbonyl (C=O) groups is 1. The summed E-state index contributed by atoms with van der Waals surface area (Å²) in [6.07, 6.45) is 3.03. The molecule has 0 atom stereocenters. The zero-order chi connectivity index (χ0) is 13.0. The largest absolute Gasteiger partial charge is 0.477 e. The maximum atomic E-state index is 10.8. The van der Waals surface area contributed by atoms with Crippen molar-refractivity contribution < 1.29 is 9.90 Å². The molecule has 0 aliphatic carbocycles. The molecule has 0 aliphatic heterocycles. The summed E-state index contributed by atoms with van der Waals surface area (Å²) in [7, 11) is 0. The number of carboxylic acid groups (broad SMARTS) is 1. The fraction of sp³-hybridized carbons (Fsp3) is 0.214. The van der Waals surface area contributed by atoms with Crippen LogP contribution in [0.5, 0.6) is 0 Å². The van der Waals surface area contributed by atoms with Gasteiger partial charge in [0.1, 0.15) is 5.82 Å². The summed E-state index contributed by atoms with van der Waals surface area (Å²) in [4.78, 5) is 18.9. The van der Waals surface area contributed by atoms with Crippen LogP contribution in [0, 0.1) is 0 Å². The molecule has 0 saturated heterocycles. The van der Waals surface area contributed by atoms with Gasteiger partial charge in [0.15, 0.2) is 5.69 Å². The van der Waals surface area contributed by atoms with Crippen molar-refractivity contribution in [1.29, 1.82) is 0 Å². The van der Waals surface area contributed by atoms with Crippen molar-refractivity contribution in [2.75, 3.05) is 0 Å². The van der Waals surface area contributed by atoms with E-state index in [9.17, 15) is 4.79 Å². The molecule has 2 aromatic rings. The van der Waals surface area contributed by atoms with Gasteiger partial charge >= 0.3 is 5.97 Å². The first-order valence-electron chi connectivity index (χ1n) is 5.82. The van der Waals surface area contributed by atoms with Crippen LogP contribution in [0.1, 0.15) is 34.4 Å². The van der Waals surface area contributed by atoms with Crippen LogP contribution in [0.25, 0.3) is 0 Å². The molecule has 0 radical (unpaired) electrons. The van der Waals surface area contributed by atoms with Gasteiger partial charge in [-0.1, -0.05) is 31.2 Å². The van der Waals surface area contributed by atoms with Gasteiger partial charge in [0, 0.05) is 12.6 Å². The van der Waals surface area contributed by atoms with Crippen LogP contribution in [-0.4, -0.2) is 21.0 Å². The van der Waals surface area contributed by atoms with Gasteiger partial charge in [-0.2, -0.15) is 0 Å². The molecule has 0 spiro atoms. The Morgan fingerprint density at radius 3 is 2.44 bits per heavy atom. The average molecular weight is 242 g/mol. The minimum Gasteiger partial charge on any atom is -0.477 e. The van der Waals surface area contributed by atoms with Crippen molar-refractivity contribution in [2.45, 2.75) is 19.8 Å². The standard InChI is InChI=1S/C14H14N2O2/c1-2-10-3-5-11(6-4-10)9-13-15-8-7-12(16-13)14(17)18/h3-8H,2,9H2,1H3,(H,17,18). The highest BCUT2D eigenvalue weighted by atomic mass is 16.4. The molecule has 2 rings (SSSR count). The lowest BCUT2D eigenvalue weighted by Gasteiger charge is -2.03. The summed E-state index contributed by atoms with van der Waals surface area (Å²) in [5.74, 6) is -0.501. The average Bonchev–Trinajstić information content (AvgIpc) is 2.40. The number of nitrogens with zero attached hydrogens (tertiary/aromatic N) is 2. The molecule has 1 heterocycles. The number of aromatic carboxylic acids is 1. The molecule has 0 aliphatic rings. The maximum absolute atomic E-state index is 10.8. The van der Waals surface area contributed by atoms with Gasteiger partial charge in [0.2, 0.25) is 0 Å². The quantitative estimate of drug-likeness (QED) is 0.893. The van der Waals surface area contributed by atoms with E-state index < -0.39 is 5.97 Å². The SMILES string of the molecule is CCc1ccc(Cc2nccc(C(=O)O)n2)cc1. The Bertz CT molecular complexity index is 550. The van der Waals surface area contributed by atoms with E-state index in [2.05, 4.69) is 29.0 Å². The van der Waals surface area contributed by atoms with Crippen molar-refractivity contribution in [3.63, 3.8) is 0 Å². The number of rotatable bonds is 4. The highest BCUT2D eigenvalue weighted by Crippen LogP contribution is 2.09. The Morgan fingerprint density at radius 2 is 1.83 bits per heavy atom.